The summed E-state index contributed by atoms with van der Waals surface area (Å²) in [5.41, 5.74) is 5.55. The molecule has 0 spiro atoms. The van der Waals surface area contributed by atoms with Crippen molar-refractivity contribution in [1.82, 2.24) is 9.97 Å². The SMILES string of the molecule is Cc1ccc(-c2nc3cccnc3s2)cc1NC(=O)C(c1ccccc1)c1ccccc1. The number of thiazole rings is 1. The van der Waals surface area contributed by atoms with Gasteiger partial charge in [0.2, 0.25) is 5.91 Å². The molecule has 0 radical (unpaired) electrons. The Kier molecular flexibility index (Phi) is 5.48. The van der Waals surface area contributed by atoms with Crippen LogP contribution in [-0.4, -0.2) is 15.9 Å². The molecule has 5 aromatic rings. The quantitative estimate of drug-likeness (QED) is 0.346. The predicted molar refractivity (Wildman–Crippen MR) is 131 cm³/mol. The molecular weight excluding hydrogens is 414 g/mol. The van der Waals surface area contributed by atoms with E-state index in [1.165, 1.54) is 0 Å². The van der Waals surface area contributed by atoms with E-state index >= 15 is 0 Å². The van der Waals surface area contributed by atoms with Crippen molar-refractivity contribution in [3.8, 4) is 10.6 Å². The normalized spacial score (nSPS) is 11.1. The Morgan fingerprint density at radius 3 is 2.22 bits per heavy atom. The summed E-state index contributed by atoms with van der Waals surface area (Å²) in [7, 11) is 0. The average Bonchev–Trinajstić information content (AvgIpc) is 3.26. The zero-order valence-electron chi connectivity index (χ0n) is 17.5. The molecule has 5 rings (SSSR count). The molecule has 0 aliphatic rings. The summed E-state index contributed by atoms with van der Waals surface area (Å²) in [4.78, 5) is 23.5. The number of aromatic nitrogens is 2. The number of hydrogen-bond acceptors (Lipinski definition) is 4. The van der Waals surface area contributed by atoms with Gasteiger partial charge in [0.05, 0.1) is 5.92 Å². The van der Waals surface area contributed by atoms with E-state index in [0.29, 0.717) is 0 Å². The Bertz CT molecular complexity index is 1310. The van der Waals surface area contributed by atoms with Crippen LogP contribution in [0.25, 0.3) is 20.9 Å². The van der Waals surface area contributed by atoms with Crippen LogP contribution in [0.2, 0.25) is 0 Å². The van der Waals surface area contributed by atoms with E-state index in [2.05, 4.69) is 10.3 Å². The molecular formula is C27H21N3OS. The van der Waals surface area contributed by atoms with Gasteiger partial charge in [0.1, 0.15) is 15.4 Å². The molecule has 0 aliphatic heterocycles. The highest BCUT2D eigenvalue weighted by molar-refractivity contribution is 7.21. The molecule has 156 valence electrons. The van der Waals surface area contributed by atoms with Crippen LogP contribution >= 0.6 is 11.3 Å². The van der Waals surface area contributed by atoms with E-state index in [9.17, 15) is 4.79 Å². The summed E-state index contributed by atoms with van der Waals surface area (Å²) in [6, 6.07) is 29.7. The minimum atomic E-state index is -0.396. The minimum absolute atomic E-state index is 0.0615. The smallest absolute Gasteiger partial charge is 0.236 e. The van der Waals surface area contributed by atoms with Crippen LogP contribution < -0.4 is 5.32 Å². The lowest BCUT2D eigenvalue weighted by Crippen LogP contribution is -2.22. The molecule has 1 N–H and O–H groups in total. The van der Waals surface area contributed by atoms with Gasteiger partial charge in [-0.3, -0.25) is 4.79 Å². The second kappa shape index (κ2) is 8.73. The van der Waals surface area contributed by atoms with Crippen molar-refractivity contribution >= 4 is 33.3 Å². The summed E-state index contributed by atoms with van der Waals surface area (Å²) in [5.74, 6) is -0.458. The van der Waals surface area contributed by atoms with Crippen LogP contribution in [0.1, 0.15) is 22.6 Å². The van der Waals surface area contributed by atoms with Gasteiger partial charge in [0.15, 0.2) is 0 Å². The molecule has 5 heteroatoms. The Morgan fingerprint density at radius 1 is 0.875 bits per heavy atom. The van der Waals surface area contributed by atoms with E-state index < -0.39 is 5.92 Å². The molecule has 2 aromatic heterocycles. The molecule has 32 heavy (non-hydrogen) atoms. The number of carbonyl (C=O) groups excluding carboxylic acids is 1. The Labute approximate surface area is 190 Å². The summed E-state index contributed by atoms with van der Waals surface area (Å²) in [6.07, 6.45) is 1.78. The number of benzene rings is 3. The Balaban J connectivity index is 1.49. The van der Waals surface area contributed by atoms with E-state index in [1.807, 2.05) is 97.9 Å². The molecule has 4 nitrogen and oxygen atoms in total. The molecule has 0 saturated heterocycles. The number of carbonyl (C=O) groups is 1. The third-order valence-electron chi connectivity index (χ3n) is 5.44. The van der Waals surface area contributed by atoms with Gasteiger partial charge in [-0.2, -0.15) is 0 Å². The van der Waals surface area contributed by atoms with Crippen molar-refractivity contribution in [2.24, 2.45) is 0 Å². The van der Waals surface area contributed by atoms with Gasteiger partial charge in [-0.05, 0) is 41.8 Å². The first-order chi connectivity index (χ1) is 15.7. The van der Waals surface area contributed by atoms with Gasteiger partial charge in [-0.15, -0.1) is 0 Å². The monoisotopic (exact) mass is 435 g/mol. The van der Waals surface area contributed by atoms with Crippen molar-refractivity contribution in [3.63, 3.8) is 0 Å². The number of pyridine rings is 1. The number of hydrogen-bond donors (Lipinski definition) is 1. The fourth-order valence-electron chi connectivity index (χ4n) is 3.77. The van der Waals surface area contributed by atoms with Gasteiger partial charge < -0.3 is 5.32 Å². The van der Waals surface area contributed by atoms with E-state index in [-0.39, 0.29) is 5.91 Å². The van der Waals surface area contributed by atoms with Gasteiger partial charge in [0, 0.05) is 17.4 Å². The lowest BCUT2D eigenvalue weighted by atomic mass is 9.90. The van der Waals surface area contributed by atoms with Crippen LogP contribution in [0.15, 0.2) is 97.2 Å². The second-order valence-electron chi connectivity index (χ2n) is 7.62. The number of amides is 1. The first-order valence-electron chi connectivity index (χ1n) is 10.4. The average molecular weight is 436 g/mol. The maximum atomic E-state index is 13.5. The molecule has 0 unspecified atom stereocenters. The fourth-order valence-corrected chi connectivity index (χ4v) is 4.68. The number of anilines is 1. The highest BCUT2D eigenvalue weighted by Gasteiger charge is 2.23. The summed E-state index contributed by atoms with van der Waals surface area (Å²) < 4.78 is 0. The highest BCUT2D eigenvalue weighted by Crippen LogP contribution is 2.32. The van der Waals surface area contributed by atoms with E-state index in [4.69, 9.17) is 4.98 Å². The zero-order valence-corrected chi connectivity index (χ0v) is 18.3. The third kappa shape index (κ3) is 4.03. The van der Waals surface area contributed by atoms with E-state index in [0.717, 1.165) is 43.3 Å². The largest absolute Gasteiger partial charge is 0.325 e. The molecule has 0 saturated carbocycles. The zero-order chi connectivity index (χ0) is 21.9. The fraction of sp³-hybridized carbons (Fsp3) is 0.0741. The molecule has 0 fully saturated rings. The number of nitrogens with one attached hydrogen (secondary N) is 1. The summed E-state index contributed by atoms with van der Waals surface area (Å²) >= 11 is 1.55. The third-order valence-corrected chi connectivity index (χ3v) is 6.47. The molecule has 3 aromatic carbocycles. The standard InChI is InChI=1S/C27H21N3OS/c1-18-14-15-21(26-30-22-13-8-16-28-27(22)32-26)17-23(18)29-25(31)24(19-9-4-2-5-10-19)20-11-6-3-7-12-20/h2-17,24H,1H3,(H,29,31). The van der Waals surface area contributed by atoms with Crippen LogP contribution in [0.3, 0.4) is 0 Å². The Hall–Kier alpha value is -3.83. The summed E-state index contributed by atoms with van der Waals surface area (Å²) in [5, 5.41) is 4.06. The number of fused-ring (bicyclic) bond motifs is 1. The lowest BCUT2D eigenvalue weighted by molar-refractivity contribution is -0.116. The van der Waals surface area contributed by atoms with Crippen LogP contribution in [0.5, 0.6) is 0 Å². The molecule has 0 bridgehead atoms. The topological polar surface area (TPSA) is 54.9 Å². The van der Waals surface area contributed by atoms with Crippen LogP contribution in [0.4, 0.5) is 5.69 Å². The molecule has 0 atom stereocenters. The number of rotatable bonds is 5. The van der Waals surface area contributed by atoms with Crippen molar-refractivity contribution in [2.45, 2.75) is 12.8 Å². The van der Waals surface area contributed by atoms with Crippen LogP contribution in [0, 0.1) is 6.92 Å². The maximum absolute atomic E-state index is 13.5. The molecule has 0 aliphatic carbocycles. The van der Waals surface area contributed by atoms with Gasteiger partial charge in [0.25, 0.3) is 0 Å². The number of aryl methyl sites for hydroxylation is 1. The molecule has 2 heterocycles. The van der Waals surface area contributed by atoms with Gasteiger partial charge in [-0.1, -0.05) is 84.1 Å². The number of nitrogens with zero attached hydrogens (tertiary/aromatic N) is 2. The van der Waals surface area contributed by atoms with Gasteiger partial charge >= 0.3 is 0 Å². The van der Waals surface area contributed by atoms with Crippen molar-refractivity contribution < 1.29 is 4.79 Å². The molecule has 1 amide bonds. The minimum Gasteiger partial charge on any atom is -0.325 e. The second-order valence-corrected chi connectivity index (χ2v) is 8.60. The Morgan fingerprint density at radius 2 is 1.56 bits per heavy atom. The van der Waals surface area contributed by atoms with Crippen molar-refractivity contribution in [1.29, 1.82) is 0 Å². The van der Waals surface area contributed by atoms with Crippen molar-refractivity contribution in [3.05, 3.63) is 114 Å². The first-order valence-corrected chi connectivity index (χ1v) is 11.2. The van der Waals surface area contributed by atoms with E-state index in [1.54, 1.807) is 17.5 Å². The van der Waals surface area contributed by atoms with Crippen LogP contribution in [-0.2, 0) is 4.79 Å². The highest BCUT2D eigenvalue weighted by atomic mass is 32.1. The predicted octanol–water partition coefficient (Wildman–Crippen LogP) is 6.44. The van der Waals surface area contributed by atoms with Gasteiger partial charge in [-0.25, -0.2) is 9.97 Å². The summed E-state index contributed by atoms with van der Waals surface area (Å²) in [6.45, 7) is 2.00. The lowest BCUT2D eigenvalue weighted by Gasteiger charge is -2.19. The maximum Gasteiger partial charge on any atom is 0.236 e. The van der Waals surface area contributed by atoms with Crippen molar-refractivity contribution in [2.75, 3.05) is 5.32 Å². The first kappa shape index (κ1) is 20.1.